The molecular weight excluding hydrogens is 292 g/mol. The molecule has 0 saturated carbocycles. The van der Waals surface area contributed by atoms with E-state index in [1.54, 1.807) is 48.7 Å². The van der Waals surface area contributed by atoms with Gasteiger partial charge in [-0.2, -0.15) is 0 Å². The first-order chi connectivity index (χ1) is 11.3. The predicted molar refractivity (Wildman–Crippen MR) is 86.5 cm³/mol. The van der Waals surface area contributed by atoms with Crippen molar-refractivity contribution in [3.63, 3.8) is 0 Å². The molecule has 0 atom stereocenters. The fourth-order valence-electron chi connectivity index (χ4n) is 2.18. The van der Waals surface area contributed by atoms with Crippen LogP contribution < -0.4 is 5.32 Å². The van der Waals surface area contributed by atoms with Gasteiger partial charge >= 0.3 is 0 Å². The molecule has 0 bridgehead atoms. The van der Waals surface area contributed by atoms with E-state index in [0.29, 0.717) is 18.0 Å². The molecular formula is C17H16N4O2. The molecule has 2 aromatic heterocycles. The molecule has 0 aliphatic heterocycles. The van der Waals surface area contributed by atoms with Crippen LogP contribution in [0, 0.1) is 0 Å². The number of ether oxygens (including phenoxy) is 1. The quantitative estimate of drug-likeness (QED) is 0.787. The van der Waals surface area contributed by atoms with E-state index < -0.39 is 0 Å². The molecule has 1 aromatic carbocycles. The highest BCUT2D eigenvalue weighted by atomic mass is 16.5. The van der Waals surface area contributed by atoms with Gasteiger partial charge in [-0.1, -0.05) is 12.1 Å². The Morgan fingerprint density at radius 1 is 1.30 bits per heavy atom. The topological polar surface area (TPSA) is 69.0 Å². The lowest BCUT2D eigenvalue weighted by atomic mass is 10.2. The van der Waals surface area contributed by atoms with Crippen LogP contribution in [0.1, 0.15) is 15.9 Å². The van der Waals surface area contributed by atoms with Crippen LogP contribution in [-0.2, 0) is 11.3 Å². The summed E-state index contributed by atoms with van der Waals surface area (Å²) in [5.74, 6) is 0.505. The zero-order valence-corrected chi connectivity index (χ0v) is 12.6. The number of anilines is 1. The van der Waals surface area contributed by atoms with E-state index in [1.165, 1.54) is 0 Å². The van der Waals surface area contributed by atoms with Crippen molar-refractivity contribution in [2.75, 3.05) is 12.4 Å². The number of amides is 1. The van der Waals surface area contributed by atoms with E-state index in [-0.39, 0.29) is 5.91 Å². The first-order valence-corrected chi connectivity index (χ1v) is 7.10. The Morgan fingerprint density at radius 2 is 2.22 bits per heavy atom. The molecule has 0 radical (unpaired) electrons. The predicted octanol–water partition coefficient (Wildman–Crippen LogP) is 2.67. The summed E-state index contributed by atoms with van der Waals surface area (Å²) in [6.45, 7) is 0.505. The van der Waals surface area contributed by atoms with Crippen LogP contribution in [0.3, 0.4) is 0 Å². The van der Waals surface area contributed by atoms with E-state index in [0.717, 1.165) is 11.3 Å². The van der Waals surface area contributed by atoms with E-state index in [1.807, 2.05) is 24.3 Å². The molecule has 0 aliphatic carbocycles. The number of imidazole rings is 1. The molecule has 6 nitrogen and oxygen atoms in total. The Balaban J connectivity index is 1.72. The summed E-state index contributed by atoms with van der Waals surface area (Å²) in [6, 6.07) is 11.1. The number of carbonyl (C=O) groups excluding carboxylic acids is 1. The minimum absolute atomic E-state index is 0.204. The summed E-state index contributed by atoms with van der Waals surface area (Å²) in [4.78, 5) is 20.5. The molecule has 0 aliphatic rings. The Bertz CT molecular complexity index is 783. The van der Waals surface area contributed by atoms with Crippen LogP contribution >= 0.6 is 0 Å². The van der Waals surface area contributed by atoms with Gasteiger partial charge in [-0.3, -0.25) is 9.36 Å². The van der Waals surface area contributed by atoms with Gasteiger partial charge in [0.15, 0.2) is 0 Å². The second kappa shape index (κ2) is 6.85. The fraction of sp³-hybridized carbons (Fsp3) is 0.118. The zero-order chi connectivity index (χ0) is 16.1. The number of rotatable bonds is 5. The summed E-state index contributed by atoms with van der Waals surface area (Å²) in [6.07, 6.45) is 6.67. The normalized spacial score (nSPS) is 10.5. The second-order valence-electron chi connectivity index (χ2n) is 4.96. The Labute approximate surface area is 133 Å². The smallest absolute Gasteiger partial charge is 0.257 e. The number of carbonyl (C=O) groups is 1. The molecule has 0 saturated heterocycles. The highest BCUT2D eigenvalue weighted by molar-refractivity contribution is 6.04. The molecule has 116 valence electrons. The van der Waals surface area contributed by atoms with Crippen LogP contribution in [0.5, 0.6) is 0 Å². The second-order valence-corrected chi connectivity index (χ2v) is 4.96. The van der Waals surface area contributed by atoms with E-state index >= 15 is 0 Å². The molecule has 2 heterocycles. The maximum absolute atomic E-state index is 12.3. The van der Waals surface area contributed by atoms with Gasteiger partial charge in [-0.15, -0.1) is 0 Å². The first kappa shape index (κ1) is 14.9. The third kappa shape index (κ3) is 3.61. The van der Waals surface area contributed by atoms with Crippen molar-refractivity contribution in [2.24, 2.45) is 0 Å². The van der Waals surface area contributed by atoms with Gasteiger partial charge in [0.1, 0.15) is 12.1 Å². The number of nitrogens with zero attached hydrogens (tertiary/aromatic N) is 3. The van der Waals surface area contributed by atoms with E-state index in [9.17, 15) is 4.79 Å². The highest BCUT2D eigenvalue weighted by Crippen LogP contribution is 2.13. The molecule has 1 amide bonds. The Morgan fingerprint density at radius 3 is 2.91 bits per heavy atom. The Kier molecular flexibility index (Phi) is 4.44. The van der Waals surface area contributed by atoms with Crippen LogP contribution in [0.2, 0.25) is 0 Å². The molecule has 1 N–H and O–H groups in total. The van der Waals surface area contributed by atoms with Crippen molar-refractivity contribution >= 4 is 11.6 Å². The molecule has 0 unspecified atom stereocenters. The van der Waals surface area contributed by atoms with Gasteiger partial charge < -0.3 is 10.1 Å². The number of benzene rings is 1. The van der Waals surface area contributed by atoms with E-state index in [2.05, 4.69) is 15.3 Å². The van der Waals surface area contributed by atoms with Gasteiger partial charge in [-0.25, -0.2) is 9.97 Å². The van der Waals surface area contributed by atoms with Gasteiger partial charge in [0.25, 0.3) is 5.91 Å². The van der Waals surface area contributed by atoms with Gasteiger partial charge in [0.2, 0.25) is 0 Å². The van der Waals surface area contributed by atoms with Crippen molar-refractivity contribution in [2.45, 2.75) is 6.61 Å². The maximum Gasteiger partial charge on any atom is 0.257 e. The monoisotopic (exact) mass is 308 g/mol. The minimum atomic E-state index is -0.204. The van der Waals surface area contributed by atoms with Crippen molar-refractivity contribution in [1.82, 2.24) is 14.5 Å². The fourth-order valence-corrected chi connectivity index (χ4v) is 2.18. The van der Waals surface area contributed by atoms with Crippen LogP contribution in [0.15, 0.2) is 61.3 Å². The highest BCUT2D eigenvalue weighted by Gasteiger charge is 2.08. The summed E-state index contributed by atoms with van der Waals surface area (Å²) in [5, 5.41) is 2.86. The SMILES string of the molecule is COCc1cccc(NC(=O)c2ccc(-n3ccnc3)nc2)c1. The number of hydrogen-bond donors (Lipinski definition) is 1. The zero-order valence-electron chi connectivity index (χ0n) is 12.6. The number of aromatic nitrogens is 3. The van der Waals surface area contributed by atoms with Gasteiger partial charge in [-0.05, 0) is 29.8 Å². The number of nitrogens with one attached hydrogen (secondary N) is 1. The first-order valence-electron chi connectivity index (χ1n) is 7.10. The third-order valence-corrected chi connectivity index (χ3v) is 3.27. The number of methoxy groups -OCH3 is 1. The maximum atomic E-state index is 12.3. The lowest BCUT2D eigenvalue weighted by molar-refractivity contribution is 0.102. The van der Waals surface area contributed by atoms with E-state index in [4.69, 9.17) is 4.74 Å². The summed E-state index contributed by atoms with van der Waals surface area (Å²) >= 11 is 0. The summed E-state index contributed by atoms with van der Waals surface area (Å²) in [7, 11) is 1.64. The third-order valence-electron chi connectivity index (χ3n) is 3.27. The van der Waals surface area contributed by atoms with Crippen LogP contribution in [0.4, 0.5) is 5.69 Å². The average molecular weight is 308 g/mol. The lowest BCUT2D eigenvalue weighted by Gasteiger charge is -2.08. The number of pyridine rings is 1. The van der Waals surface area contributed by atoms with Gasteiger partial charge in [0, 0.05) is 31.4 Å². The lowest BCUT2D eigenvalue weighted by Crippen LogP contribution is -2.12. The number of hydrogen-bond acceptors (Lipinski definition) is 4. The molecule has 3 aromatic rings. The van der Waals surface area contributed by atoms with Crippen molar-refractivity contribution in [3.05, 3.63) is 72.4 Å². The van der Waals surface area contributed by atoms with Crippen molar-refractivity contribution < 1.29 is 9.53 Å². The standard InChI is InChI=1S/C17H16N4O2/c1-23-11-13-3-2-4-15(9-13)20-17(22)14-5-6-16(19-10-14)21-8-7-18-12-21/h2-10,12H,11H2,1H3,(H,20,22). The molecule has 23 heavy (non-hydrogen) atoms. The van der Waals surface area contributed by atoms with Crippen molar-refractivity contribution in [1.29, 1.82) is 0 Å². The summed E-state index contributed by atoms with van der Waals surface area (Å²) < 4.78 is 6.86. The largest absolute Gasteiger partial charge is 0.380 e. The average Bonchev–Trinajstić information content (AvgIpc) is 3.10. The van der Waals surface area contributed by atoms with Crippen molar-refractivity contribution in [3.8, 4) is 5.82 Å². The molecule has 3 rings (SSSR count). The molecule has 6 heteroatoms. The Hall–Kier alpha value is -2.99. The molecule has 0 fully saturated rings. The minimum Gasteiger partial charge on any atom is -0.380 e. The van der Waals surface area contributed by atoms with Crippen LogP contribution in [0.25, 0.3) is 5.82 Å². The van der Waals surface area contributed by atoms with Crippen LogP contribution in [-0.4, -0.2) is 27.6 Å². The summed E-state index contributed by atoms with van der Waals surface area (Å²) in [5.41, 5.74) is 2.22. The molecule has 0 spiro atoms. The van der Waals surface area contributed by atoms with Gasteiger partial charge in [0.05, 0.1) is 12.2 Å².